The van der Waals surface area contributed by atoms with Crippen molar-refractivity contribution in [2.75, 3.05) is 13.2 Å². The lowest BCUT2D eigenvalue weighted by Crippen LogP contribution is -2.37. The van der Waals surface area contributed by atoms with Crippen LogP contribution in [0.1, 0.15) is 19.3 Å². The standard InChI is InChI=1S/C10H14N4O5/c15-14(16)9-11-10-13(12-9)5-7(6-18-10)19-8-3-1-2-4-17-8/h7-8H,1-6H2. The highest BCUT2D eigenvalue weighted by atomic mass is 16.7. The molecule has 2 atom stereocenters. The van der Waals surface area contributed by atoms with E-state index in [1.165, 1.54) is 4.68 Å². The van der Waals surface area contributed by atoms with Crippen molar-refractivity contribution in [3.05, 3.63) is 10.1 Å². The minimum absolute atomic E-state index is 0.163. The molecule has 0 bridgehead atoms. The zero-order chi connectivity index (χ0) is 13.2. The van der Waals surface area contributed by atoms with E-state index in [0.717, 1.165) is 19.3 Å². The average molecular weight is 270 g/mol. The molecule has 3 rings (SSSR count). The van der Waals surface area contributed by atoms with Gasteiger partial charge < -0.3 is 24.3 Å². The molecule has 0 aliphatic carbocycles. The van der Waals surface area contributed by atoms with Crippen LogP contribution >= 0.6 is 0 Å². The number of fused-ring (bicyclic) bond motifs is 1. The van der Waals surface area contributed by atoms with E-state index in [-0.39, 0.29) is 18.4 Å². The number of nitrogens with zero attached hydrogens (tertiary/aromatic N) is 4. The lowest BCUT2D eigenvalue weighted by molar-refractivity contribution is -0.394. The summed E-state index contributed by atoms with van der Waals surface area (Å²) < 4.78 is 17.9. The van der Waals surface area contributed by atoms with Crippen molar-refractivity contribution >= 4 is 5.95 Å². The van der Waals surface area contributed by atoms with E-state index in [0.29, 0.717) is 19.8 Å². The number of nitro groups is 1. The molecule has 3 heterocycles. The van der Waals surface area contributed by atoms with Crippen molar-refractivity contribution < 1.29 is 19.1 Å². The molecule has 2 aliphatic heterocycles. The Hall–Kier alpha value is -1.74. The highest BCUT2D eigenvalue weighted by molar-refractivity contribution is 5.10. The SMILES string of the molecule is O=[N+]([O-])c1nc2n(n1)CC(OC1CCCCO1)CO2. The van der Waals surface area contributed by atoms with Crippen LogP contribution in [-0.4, -0.2) is 45.3 Å². The Morgan fingerprint density at radius 3 is 3.11 bits per heavy atom. The number of hydrogen-bond donors (Lipinski definition) is 0. The van der Waals surface area contributed by atoms with E-state index in [1.54, 1.807) is 0 Å². The summed E-state index contributed by atoms with van der Waals surface area (Å²) in [5.41, 5.74) is 0. The van der Waals surface area contributed by atoms with Crippen molar-refractivity contribution in [2.45, 2.75) is 38.2 Å². The smallest absolute Gasteiger partial charge is 0.448 e. The molecule has 1 aromatic rings. The molecule has 0 radical (unpaired) electrons. The molecule has 0 N–H and O–H groups in total. The normalized spacial score (nSPS) is 26.5. The van der Waals surface area contributed by atoms with E-state index >= 15 is 0 Å². The maximum atomic E-state index is 10.6. The molecule has 0 saturated carbocycles. The van der Waals surface area contributed by atoms with Gasteiger partial charge in [0.05, 0.1) is 6.54 Å². The van der Waals surface area contributed by atoms with Gasteiger partial charge in [0.2, 0.25) is 0 Å². The Morgan fingerprint density at radius 1 is 1.47 bits per heavy atom. The van der Waals surface area contributed by atoms with Crippen molar-refractivity contribution in [3.8, 4) is 6.01 Å². The molecular formula is C10H14N4O5. The molecule has 0 aromatic carbocycles. The molecule has 104 valence electrons. The number of aromatic nitrogens is 3. The van der Waals surface area contributed by atoms with Gasteiger partial charge in [0.25, 0.3) is 0 Å². The highest BCUT2D eigenvalue weighted by Gasteiger charge is 2.32. The highest BCUT2D eigenvalue weighted by Crippen LogP contribution is 2.22. The Morgan fingerprint density at radius 2 is 2.37 bits per heavy atom. The van der Waals surface area contributed by atoms with Crippen molar-refractivity contribution in [2.24, 2.45) is 0 Å². The van der Waals surface area contributed by atoms with Gasteiger partial charge in [0.15, 0.2) is 6.29 Å². The molecule has 1 saturated heterocycles. The number of rotatable bonds is 3. The monoisotopic (exact) mass is 270 g/mol. The van der Waals surface area contributed by atoms with Gasteiger partial charge in [-0.3, -0.25) is 0 Å². The van der Waals surface area contributed by atoms with Crippen molar-refractivity contribution in [1.82, 2.24) is 14.8 Å². The van der Waals surface area contributed by atoms with Crippen LogP contribution in [0.4, 0.5) is 5.95 Å². The summed E-state index contributed by atoms with van der Waals surface area (Å²) in [6.45, 7) is 1.39. The third-order valence-corrected chi connectivity index (χ3v) is 3.05. The van der Waals surface area contributed by atoms with Gasteiger partial charge in [-0.1, -0.05) is 0 Å². The van der Waals surface area contributed by atoms with Crippen molar-refractivity contribution in [1.29, 1.82) is 0 Å². The fourth-order valence-corrected chi connectivity index (χ4v) is 2.15. The molecule has 0 amide bonds. The molecule has 2 aliphatic rings. The summed E-state index contributed by atoms with van der Waals surface area (Å²) in [5.74, 6) is -0.454. The maximum absolute atomic E-state index is 10.6. The summed E-state index contributed by atoms with van der Waals surface area (Å²) in [5, 5.41) is 14.3. The Labute approximate surface area is 108 Å². The predicted octanol–water partition coefficient (Wildman–Crippen LogP) is 0.490. The van der Waals surface area contributed by atoms with E-state index in [1.807, 2.05) is 0 Å². The molecule has 9 heteroatoms. The number of hydrogen-bond acceptors (Lipinski definition) is 7. The third kappa shape index (κ3) is 2.66. The van der Waals surface area contributed by atoms with E-state index in [2.05, 4.69) is 10.1 Å². The zero-order valence-corrected chi connectivity index (χ0v) is 10.2. The predicted molar refractivity (Wildman–Crippen MR) is 60.6 cm³/mol. The second-order valence-corrected chi connectivity index (χ2v) is 4.50. The van der Waals surface area contributed by atoms with Gasteiger partial charge in [-0.25, -0.2) is 0 Å². The third-order valence-electron chi connectivity index (χ3n) is 3.05. The molecule has 1 fully saturated rings. The van der Waals surface area contributed by atoms with Crippen LogP contribution in [0.2, 0.25) is 0 Å². The first kappa shape index (κ1) is 12.3. The second-order valence-electron chi connectivity index (χ2n) is 4.50. The topological polar surface area (TPSA) is 102 Å². The number of ether oxygens (including phenoxy) is 3. The molecule has 2 unspecified atom stereocenters. The van der Waals surface area contributed by atoms with Crippen molar-refractivity contribution in [3.63, 3.8) is 0 Å². The summed E-state index contributed by atoms with van der Waals surface area (Å²) in [6.07, 6.45) is 2.55. The van der Waals surface area contributed by atoms with Crippen LogP contribution in [0.15, 0.2) is 0 Å². The van der Waals surface area contributed by atoms with Crippen LogP contribution in [-0.2, 0) is 16.0 Å². The summed E-state index contributed by atoms with van der Waals surface area (Å²) in [6, 6.07) is 0.163. The Kier molecular flexibility index (Phi) is 3.30. The lowest BCUT2D eigenvalue weighted by Gasteiger charge is -2.28. The van der Waals surface area contributed by atoms with Gasteiger partial charge >= 0.3 is 12.0 Å². The largest absolute Gasteiger partial charge is 0.494 e. The summed E-state index contributed by atoms with van der Waals surface area (Å²) >= 11 is 0. The molecular weight excluding hydrogens is 256 g/mol. The first-order valence-electron chi connectivity index (χ1n) is 6.21. The molecule has 1 aromatic heterocycles. The van der Waals surface area contributed by atoms with Gasteiger partial charge in [-0.15, -0.1) is 4.68 Å². The van der Waals surface area contributed by atoms with E-state index in [9.17, 15) is 10.1 Å². The van der Waals surface area contributed by atoms with E-state index < -0.39 is 10.9 Å². The fourth-order valence-electron chi connectivity index (χ4n) is 2.15. The van der Waals surface area contributed by atoms with E-state index in [4.69, 9.17) is 14.2 Å². The Bertz CT molecular complexity index is 470. The van der Waals surface area contributed by atoms with Crippen LogP contribution < -0.4 is 4.74 Å². The fraction of sp³-hybridized carbons (Fsp3) is 0.800. The van der Waals surface area contributed by atoms with Gasteiger partial charge in [-0.2, -0.15) is 0 Å². The maximum Gasteiger partial charge on any atom is 0.494 e. The van der Waals surface area contributed by atoms with Crippen LogP contribution in [0.5, 0.6) is 6.01 Å². The summed E-state index contributed by atoms with van der Waals surface area (Å²) in [7, 11) is 0. The first-order chi connectivity index (χ1) is 9.22. The average Bonchev–Trinajstić information content (AvgIpc) is 2.83. The lowest BCUT2D eigenvalue weighted by atomic mass is 10.2. The second kappa shape index (κ2) is 5.10. The van der Waals surface area contributed by atoms with Gasteiger partial charge in [0.1, 0.15) is 12.7 Å². The Balaban J connectivity index is 1.63. The quantitative estimate of drug-likeness (QED) is 0.581. The molecule has 0 spiro atoms. The van der Waals surface area contributed by atoms with Crippen LogP contribution in [0.3, 0.4) is 0 Å². The molecule has 19 heavy (non-hydrogen) atoms. The molecule has 9 nitrogen and oxygen atoms in total. The first-order valence-corrected chi connectivity index (χ1v) is 6.21. The minimum atomic E-state index is -0.644. The van der Waals surface area contributed by atoms with Gasteiger partial charge in [0, 0.05) is 11.7 Å². The zero-order valence-electron chi connectivity index (χ0n) is 10.2. The van der Waals surface area contributed by atoms with Crippen LogP contribution in [0, 0.1) is 10.1 Å². The minimum Gasteiger partial charge on any atom is -0.448 e. The van der Waals surface area contributed by atoms with Crippen LogP contribution in [0.25, 0.3) is 0 Å². The van der Waals surface area contributed by atoms with Gasteiger partial charge in [-0.05, 0) is 29.2 Å². The summed E-state index contributed by atoms with van der Waals surface area (Å²) in [4.78, 5) is 13.6.